The molecule has 0 fully saturated rings. The molecule has 1 N–H and O–H groups in total. The molecule has 2 heterocycles. The number of hydrogen-bond donors (Lipinski definition) is 1. The zero-order valence-electron chi connectivity index (χ0n) is 17.4. The van der Waals surface area contributed by atoms with E-state index in [4.69, 9.17) is 0 Å². The van der Waals surface area contributed by atoms with E-state index in [-0.39, 0.29) is 35.0 Å². The number of rotatable bonds is 6. The van der Waals surface area contributed by atoms with Crippen LogP contribution in [0.1, 0.15) is 29.7 Å². The second kappa shape index (κ2) is 8.52. The van der Waals surface area contributed by atoms with E-state index in [1.165, 1.54) is 35.9 Å². The lowest BCUT2D eigenvalue weighted by Gasteiger charge is -2.15. The maximum atomic E-state index is 13.0. The van der Waals surface area contributed by atoms with Gasteiger partial charge < -0.3 is 5.32 Å². The first-order chi connectivity index (χ1) is 14.8. The van der Waals surface area contributed by atoms with Crippen molar-refractivity contribution in [3.8, 4) is 0 Å². The molecule has 0 spiro atoms. The molecule has 3 aromatic rings. The van der Waals surface area contributed by atoms with Crippen LogP contribution in [0, 0.1) is 0 Å². The van der Waals surface area contributed by atoms with Crippen LogP contribution in [0.2, 0.25) is 0 Å². The number of hydrogen-bond acceptors (Lipinski definition) is 6. The van der Waals surface area contributed by atoms with Crippen LogP contribution in [0.4, 0.5) is 5.69 Å². The monoisotopic (exact) mass is 460 g/mol. The minimum atomic E-state index is -3.70. The van der Waals surface area contributed by atoms with Gasteiger partial charge in [-0.3, -0.25) is 14.2 Å². The second-order valence-electron chi connectivity index (χ2n) is 7.72. The fourth-order valence-electron chi connectivity index (χ4n) is 3.77. The Kier molecular flexibility index (Phi) is 5.96. The van der Waals surface area contributed by atoms with E-state index in [0.717, 1.165) is 40.4 Å². The van der Waals surface area contributed by atoms with Crippen LogP contribution >= 0.6 is 11.3 Å². The molecule has 1 aliphatic carbocycles. The summed E-state index contributed by atoms with van der Waals surface area (Å²) in [6.07, 6.45) is 5.62. The Morgan fingerprint density at radius 3 is 2.74 bits per heavy atom. The molecule has 0 radical (unpaired) electrons. The smallest absolute Gasteiger partial charge is 0.262 e. The van der Waals surface area contributed by atoms with Gasteiger partial charge in [0.1, 0.15) is 9.73 Å². The first kappa shape index (κ1) is 21.7. The van der Waals surface area contributed by atoms with Gasteiger partial charge in [-0.1, -0.05) is 12.1 Å². The predicted molar refractivity (Wildman–Crippen MR) is 121 cm³/mol. The molecule has 8 nitrogen and oxygen atoms in total. The molecule has 0 saturated heterocycles. The van der Waals surface area contributed by atoms with Crippen LogP contribution in [0.3, 0.4) is 0 Å². The van der Waals surface area contributed by atoms with Crippen molar-refractivity contribution in [2.75, 3.05) is 19.4 Å². The predicted octanol–water partition coefficient (Wildman–Crippen LogP) is 2.62. The van der Waals surface area contributed by atoms with E-state index in [2.05, 4.69) is 10.3 Å². The molecule has 10 heteroatoms. The van der Waals surface area contributed by atoms with E-state index in [1.54, 1.807) is 29.5 Å². The van der Waals surface area contributed by atoms with E-state index in [1.807, 2.05) is 0 Å². The highest BCUT2D eigenvalue weighted by molar-refractivity contribution is 7.89. The number of nitrogens with zero attached hydrogens (tertiary/aromatic N) is 3. The van der Waals surface area contributed by atoms with E-state index < -0.39 is 10.0 Å². The van der Waals surface area contributed by atoms with Gasteiger partial charge >= 0.3 is 0 Å². The van der Waals surface area contributed by atoms with Crippen molar-refractivity contribution in [1.82, 2.24) is 13.9 Å². The SMILES string of the molecule is CN(C)S(=O)(=O)c1ccccc1NC(=O)CCn1cnc2sc3c(c2c1=O)CCCC3. The van der Waals surface area contributed by atoms with Crippen molar-refractivity contribution in [3.63, 3.8) is 0 Å². The lowest BCUT2D eigenvalue weighted by atomic mass is 9.97. The third-order valence-electron chi connectivity index (χ3n) is 5.44. The molecule has 1 amide bonds. The van der Waals surface area contributed by atoms with E-state index in [0.29, 0.717) is 5.39 Å². The molecule has 0 aliphatic heterocycles. The van der Waals surface area contributed by atoms with Gasteiger partial charge in [-0.2, -0.15) is 0 Å². The Morgan fingerprint density at radius 2 is 1.97 bits per heavy atom. The molecule has 0 bridgehead atoms. The summed E-state index contributed by atoms with van der Waals surface area (Å²) in [6, 6.07) is 6.26. The molecule has 1 aromatic carbocycles. The maximum Gasteiger partial charge on any atom is 0.262 e. The van der Waals surface area contributed by atoms with Crippen LogP contribution in [0.15, 0.2) is 40.3 Å². The standard InChI is InChI=1S/C21H24N4O4S2/c1-24(2)31(28,29)17-10-6-4-8-15(17)23-18(26)11-12-25-13-22-20-19(21(25)27)14-7-3-5-9-16(14)30-20/h4,6,8,10,13H,3,5,7,9,11-12H2,1-2H3,(H,23,26). The number of fused-ring (bicyclic) bond motifs is 3. The summed E-state index contributed by atoms with van der Waals surface area (Å²) in [4.78, 5) is 32.0. The number of amides is 1. The fourth-order valence-corrected chi connectivity index (χ4v) is 6.03. The number of thiophene rings is 1. The number of aromatic nitrogens is 2. The minimum absolute atomic E-state index is 0.0236. The largest absolute Gasteiger partial charge is 0.325 e. The zero-order chi connectivity index (χ0) is 22.2. The Balaban J connectivity index is 1.52. The number of para-hydroxylation sites is 1. The van der Waals surface area contributed by atoms with Gasteiger partial charge in [-0.25, -0.2) is 17.7 Å². The summed E-state index contributed by atoms with van der Waals surface area (Å²) in [6.45, 7) is 0.167. The molecule has 0 unspecified atom stereocenters. The quantitative estimate of drug-likeness (QED) is 0.609. The Bertz CT molecular complexity index is 1310. The molecule has 164 valence electrons. The Morgan fingerprint density at radius 1 is 1.23 bits per heavy atom. The molecule has 4 rings (SSSR count). The maximum absolute atomic E-state index is 13.0. The van der Waals surface area contributed by atoms with Crippen LogP contribution in [0.5, 0.6) is 0 Å². The lowest BCUT2D eigenvalue weighted by Crippen LogP contribution is -2.26. The number of carbonyl (C=O) groups excluding carboxylic acids is 1. The zero-order valence-corrected chi connectivity index (χ0v) is 19.1. The molecule has 0 atom stereocenters. The molecule has 0 saturated carbocycles. The van der Waals surface area contributed by atoms with Crippen LogP contribution in [-0.2, 0) is 34.2 Å². The molecular formula is C21H24N4O4S2. The summed E-state index contributed by atoms with van der Waals surface area (Å²) >= 11 is 1.59. The number of aryl methyl sites for hydroxylation is 3. The average molecular weight is 461 g/mol. The van der Waals surface area contributed by atoms with Crippen molar-refractivity contribution < 1.29 is 13.2 Å². The summed E-state index contributed by atoms with van der Waals surface area (Å²) in [5.41, 5.74) is 1.21. The van der Waals surface area contributed by atoms with Crippen LogP contribution < -0.4 is 10.9 Å². The van der Waals surface area contributed by atoms with Crippen molar-refractivity contribution in [3.05, 3.63) is 51.4 Å². The second-order valence-corrected chi connectivity index (χ2v) is 10.9. The fraction of sp³-hybridized carbons (Fsp3) is 0.381. The van der Waals surface area contributed by atoms with Gasteiger partial charge in [0.25, 0.3) is 5.56 Å². The average Bonchev–Trinajstić information content (AvgIpc) is 3.13. The van der Waals surface area contributed by atoms with Gasteiger partial charge in [0.15, 0.2) is 0 Å². The van der Waals surface area contributed by atoms with E-state index >= 15 is 0 Å². The Labute approximate surface area is 184 Å². The van der Waals surface area contributed by atoms with Crippen molar-refractivity contribution in [1.29, 1.82) is 0 Å². The number of anilines is 1. The lowest BCUT2D eigenvalue weighted by molar-refractivity contribution is -0.116. The third-order valence-corrected chi connectivity index (χ3v) is 8.51. The Hall–Kier alpha value is -2.56. The number of carbonyl (C=O) groups is 1. The van der Waals surface area contributed by atoms with Gasteiger partial charge in [0.05, 0.1) is 17.4 Å². The van der Waals surface area contributed by atoms with Gasteiger partial charge in [0.2, 0.25) is 15.9 Å². The number of nitrogens with one attached hydrogen (secondary N) is 1. The molecular weight excluding hydrogens is 436 g/mol. The molecule has 1 aliphatic rings. The summed E-state index contributed by atoms with van der Waals surface area (Å²) in [5, 5.41) is 3.35. The minimum Gasteiger partial charge on any atom is -0.325 e. The normalized spacial score (nSPS) is 14.0. The summed E-state index contributed by atoms with van der Waals surface area (Å²) in [5.74, 6) is -0.374. The summed E-state index contributed by atoms with van der Waals surface area (Å²) in [7, 11) is -0.825. The number of sulfonamides is 1. The highest BCUT2D eigenvalue weighted by Crippen LogP contribution is 2.33. The van der Waals surface area contributed by atoms with Crippen molar-refractivity contribution >= 4 is 43.2 Å². The van der Waals surface area contributed by atoms with Crippen molar-refractivity contribution in [2.45, 2.75) is 43.5 Å². The molecule has 31 heavy (non-hydrogen) atoms. The summed E-state index contributed by atoms with van der Waals surface area (Å²) < 4.78 is 27.6. The van der Waals surface area contributed by atoms with E-state index in [9.17, 15) is 18.0 Å². The molecule has 2 aromatic heterocycles. The number of benzene rings is 1. The highest BCUT2D eigenvalue weighted by atomic mass is 32.2. The van der Waals surface area contributed by atoms with Crippen LogP contribution in [0.25, 0.3) is 10.2 Å². The van der Waals surface area contributed by atoms with Gasteiger partial charge in [-0.05, 0) is 43.4 Å². The van der Waals surface area contributed by atoms with Gasteiger partial charge in [-0.15, -0.1) is 11.3 Å². The van der Waals surface area contributed by atoms with Crippen molar-refractivity contribution in [2.24, 2.45) is 0 Å². The highest BCUT2D eigenvalue weighted by Gasteiger charge is 2.22. The topological polar surface area (TPSA) is 101 Å². The first-order valence-corrected chi connectivity index (χ1v) is 12.4. The first-order valence-electron chi connectivity index (χ1n) is 10.1. The van der Waals surface area contributed by atoms with Gasteiger partial charge in [0, 0.05) is 31.9 Å². The third kappa shape index (κ3) is 4.15. The van der Waals surface area contributed by atoms with Crippen LogP contribution in [-0.4, -0.2) is 42.3 Å².